The lowest BCUT2D eigenvalue weighted by Gasteiger charge is -2.40. The summed E-state index contributed by atoms with van der Waals surface area (Å²) >= 11 is 6.46. The van der Waals surface area contributed by atoms with E-state index >= 15 is 0 Å². The van der Waals surface area contributed by atoms with Gasteiger partial charge < -0.3 is 45.1 Å². The lowest BCUT2D eigenvalue weighted by Crippen LogP contribution is -2.63. The Labute approximate surface area is 270 Å². The fourth-order valence-electron chi connectivity index (χ4n) is 6.06. The summed E-state index contributed by atoms with van der Waals surface area (Å²) in [4.78, 5) is 31.2. The molecule has 1 saturated heterocycles. The van der Waals surface area contributed by atoms with Crippen molar-refractivity contribution >= 4 is 56.7 Å². The number of benzene rings is 3. The number of nitrogens with one attached hydrogen (secondary N) is 2. The van der Waals surface area contributed by atoms with Crippen LogP contribution in [0.1, 0.15) is 42.7 Å². The van der Waals surface area contributed by atoms with Gasteiger partial charge in [0.25, 0.3) is 5.91 Å². The summed E-state index contributed by atoms with van der Waals surface area (Å²) in [6.45, 7) is 5.12. The molecule has 6 unspecified atom stereocenters. The molecule has 6 rings (SSSR count). The van der Waals surface area contributed by atoms with E-state index in [1.54, 1.807) is 56.0 Å². The van der Waals surface area contributed by atoms with Crippen LogP contribution in [0, 0.1) is 0 Å². The van der Waals surface area contributed by atoms with Crippen LogP contribution >= 0.6 is 11.6 Å². The highest BCUT2D eigenvalue weighted by atomic mass is 35.5. The summed E-state index contributed by atoms with van der Waals surface area (Å²) in [5.74, 6) is 0.152. The Morgan fingerprint density at radius 3 is 2.54 bits per heavy atom. The summed E-state index contributed by atoms with van der Waals surface area (Å²) < 4.78 is 17.3. The first-order chi connectivity index (χ1) is 21.9. The maximum absolute atomic E-state index is 14.1. The van der Waals surface area contributed by atoms with E-state index in [0.717, 1.165) is 21.7 Å². The molecule has 46 heavy (non-hydrogen) atoms. The summed E-state index contributed by atoms with van der Waals surface area (Å²) in [6, 6.07) is 15.1. The van der Waals surface area contributed by atoms with E-state index in [1.807, 2.05) is 24.3 Å². The molecule has 7 N–H and O–H groups in total. The van der Waals surface area contributed by atoms with Gasteiger partial charge in [-0.15, -0.1) is 11.6 Å². The Kier molecular flexibility index (Phi) is 8.61. The van der Waals surface area contributed by atoms with Gasteiger partial charge in [0.05, 0.1) is 18.3 Å². The first kappa shape index (κ1) is 32.0. The van der Waals surface area contributed by atoms with Gasteiger partial charge in [-0.2, -0.15) is 0 Å². The lowest BCUT2D eigenvalue weighted by molar-refractivity contribution is -0.239. The number of alkyl halides is 1. The maximum atomic E-state index is 14.1. The fraction of sp³-hybridized carbons (Fsp3) is 0.394. The topological polar surface area (TPSA) is 180 Å². The number of carbonyl (C=O) groups is 2. The van der Waals surface area contributed by atoms with E-state index in [4.69, 9.17) is 31.5 Å². The highest BCUT2D eigenvalue weighted by molar-refractivity contribution is 6.19. The third-order valence-electron chi connectivity index (χ3n) is 8.23. The Morgan fingerprint density at radius 2 is 1.85 bits per heavy atom. The summed E-state index contributed by atoms with van der Waals surface area (Å²) in [7, 11) is 0. The van der Waals surface area contributed by atoms with Crippen LogP contribution in [0.4, 0.5) is 16.2 Å². The molecule has 2 amide bonds. The summed E-state index contributed by atoms with van der Waals surface area (Å²) in [5, 5.41) is 35.4. The summed E-state index contributed by atoms with van der Waals surface area (Å²) in [5.41, 5.74) is 8.57. The van der Waals surface area contributed by atoms with Crippen molar-refractivity contribution in [2.24, 2.45) is 5.73 Å². The number of amides is 2. The zero-order chi connectivity index (χ0) is 32.9. The van der Waals surface area contributed by atoms with E-state index in [0.29, 0.717) is 34.9 Å². The Hall–Kier alpha value is -3.91. The second-order valence-corrected chi connectivity index (χ2v) is 12.9. The number of rotatable bonds is 6. The molecule has 1 aromatic heterocycles. The number of fused-ring (bicyclic) bond motifs is 4. The van der Waals surface area contributed by atoms with Gasteiger partial charge in [-0.1, -0.05) is 24.3 Å². The third-order valence-corrected chi connectivity index (χ3v) is 8.60. The average Bonchev–Trinajstić information content (AvgIpc) is 3.61. The highest BCUT2D eigenvalue weighted by Gasteiger charge is 2.44. The van der Waals surface area contributed by atoms with Crippen molar-refractivity contribution in [3.05, 3.63) is 65.9 Å². The summed E-state index contributed by atoms with van der Waals surface area (Å²) in [6.07, 6.45) is -5.64. The van der Waals surface area contributed by atoms with Crippen LogP contribution in [-0.2, 0) is 9.47 Å². The standard InChI is InChI=1S/C33H37ClN4O8/c1-33(2,3)46-32(43)36-18-8-9-21-16(10-18)11-22(37-21)30(42)38-14-17(13-34)26-20-7-5-4-6-19(20)24(12-23(26)38)44-31-27(35)29(41)28(40)25(15-39)45-31/h4-12,17,25,27-29,31,37,39-41H,13-15,35H2,1-3H3,(H,36,43). The number of aliphatic hydroxyl groups excluding tert-OH is 3. The van der Waals surface area contributed by atoms with Crippen LogP contribution in [0.15, 0.2) is 54.6 Å². The normalized spacial score (nSPS) is 24.7. The number of carbonyl (C=O) groups excluding carboxylic acids is 2. The number of aromatic nitrogens is 1. The average molecular weight is 653 g/mol. The van der Waals surface area contributed by atoms with E-state index in [-0.39, 0.29) is 17.7 Å². The number of anilines is 2. The van der Waals surface area contributed by atoms with Crippen LogP contribution < -0.4 is 20.7 Å². The van der Waals surface area contributed by atoms with Crippen molar-refractivity contribution in [2.45, 2.75) is 62.9 Å². The predicted molar refractivity (Wildman–Crippen MR) is 174 cm³/mol. The second-order valence-electron chi connectivity index (χ2n) is 12.6. The van der Waals surface area contributed by atoms with Crippen LogP contribution in [-0.4, -0.2) is 87.6 Å². The number of aliphatic hydroxyl groups is 3. The predicted octanol–water partition coefficient (Wildman–Crippen LogP) is 3.80. The van der Waals surface area contributed by atoms with E-state index in [2.05, 4.69) is 10.3 Å². The number of nitrogens with zero attached hydrogens (tertiary/aromatic N) is 1. The van der Waals surface area contributed by atoms with Crippen LogP contribution in [0.2, 0.25) is 0 Å². The second kappa shape index (κ2) is 12.4. The van der Waals surface area contributed by atoms with Crippen LogP contribution in [0.5, 0.6) is 5.75 Å². The molecule has 0 aliphatic carbocycles. The van der Waals surface area contributed by atoms with Crippen molar-refractivity contribution in [3.63, 3.8) is 0 Å². The number of H-pyrrole nitrogens is 1. The number of hydrogen-bond donors (Lipinski definition) is 6. The Balaban J connectivity index is 1.34. The molecule has 0 radical (unpaired) electrons. The molecule has 1 fully saturated rings. The lowest BCUT2D eigenvalue weighted by atomic mass is 9.95. The molecular weight excluding hydrogens is 616 g/mol. The van der Waals surface area contributed by atoms with Crippen LogP contribution in [0.25, 0.3) is 21.7 Å². The van der Waals surface area contributed by atoms with E-state index < -0.39 is 48.9 Å². The fourth-order valence-corrected chi connectivity index (χ4v) is 6.31. The first-order valence-electron chi connectivity index (χ1n) is 15.0. The van der Waals surface area contributed by atoms with Gasteiger partial charge in [0.1, 0.15) is 35.4 Å². The van der Waals surface area contributed by atoms with Gasteiger partial charge >= 0.3 is 6.09 Å². The molecule has 3 heterocycles. The molecule has 13 heteroatoms. The van der Waals surface area contributed by atoms with Crippen molar-refractivity contribution in [3.8, 4) is 5.75 Å². The van der Waals surface area contributed by atoms with Crippen molar-refractivity contribution < 1.29 is 39.1 Å². The van der Waals surface area contributed by atoms with Crippen molar-refractivity contribution in [1.82, 2.24) is 4.98 Å². The number of nitrogens with two attached hydrogens (primary N) is 1. The number of aromatic amines is 1. The minimum absolute atomic E-state index is 0.169. The molecule has 6 atom stereocenters. The molecule has 244 valence electrons. The zero-order valence-corrected chi connectivity index (χ0v) is 26.3. The van der Waals surface area contributed by atoms with Gasteiger partial charge in [-0.3, -0.25) is 10.1 Å². The Bertz CT molecular complexity index is 1790. The SMILES string of the molecule is CC(C)(C)OC(=O)Nc1ccc2[nH]c(C(=O)N3CC(CCl)c4c3cc(OC3OC(CO)C(O)C(O)C3N)c3ccccc43)cc2c1. The Morgan fingerprint density at radius 1 is 1.11 bits per heavy atom. The first-order valence-corrected chi connectivity index (χ1v) is 15.5. The monoisotopic (exact) mass is 652 g/mol. The van der Waals surface area contributed by atoms with Gasteiger partial charge in [-0.05, 0) is 56.0 Å². The molecule has 3 aromatic carbocycles. The largest absolute Gasteiger partial charge is 0.462 e. The van der Waals surface area contributed by atoms with Crippen molar-refractivity contribution in [1.29, 1.82) is 0 Å². The van der Waals surface area contributed by atoms with Gasteiger partial charge in [0.15, 0.2) is 0 Å². The molecule has 0 saturated carbocycles. The van der Waals surface area contributed by atoms with E-state index in [9.17, 15) is 24.9 Å². The van der Waals surface area contributed by atoms with Gasteiger partial charge in [0, 0.05) is 46.4 Å². The molecule has 12 nitrogen and oxygen atoms in total. The van der Waals surface area contributed by atoms with E-state index in [1.165, 1.54) is 0 Å². The van der Waals surface area contributed by atoms with Gasteiger partial charge in [0.2, 0.25) is 6.29 Å². The highest BCUT2D eigenvalue weighted by Crippen LogP contribution is 2.46. The maximum Gasteiger partial charge on any atom is 0.412 e. The minimum atomic E-state index is -1.39. The van der Waals surface area contributed by atoms with Gasteiger partial charge in [-0.25, -0.2) is 4.79 Å². The van der Waals surface area contributed by atoms with Crippen LogP contribution in [0.3, 0.4) is 0 Å². The molecule has 0 spiro atoms. The smallest absolute Gasteiger partial charge is 0.412 e. The molecule has 4 aromatic rings. The molecule has 2 aliphatic heterocycles. The van der Waals surface area contributed by atoms with Crippen molar-refractivity contribution in [2.75, 3.05) is 29.2 Å². The molecule has 0 bridgehead atoms. The third kappa shape index (κ3) is 5.99. The number of hydrogen-bond acceptors (Lipinski definition) is 9. The number of halogens is 1. The zero-order valence-electron chi connectivity index (χ0n) is 25.6. The quantitative estimate of drug-likeness (QED) is 0.169. The molecule has 2 aliphatic rings. The number of ether oxygens (including phenoxy) is 3. The molecular formula is C33H37ClN4O8. The minimum Gasteiger partial charge on any atom is -0.462 e.